The molecule has 0 N–H and O–H groups in total. The monoisotopic (exact) mass is 558 g/mol. The van der Waals surface area contributed by atoms with E-state index in [-0.39, 0.29) is 0 Å². The maximum Gasteiger partial charge on any atom is -0.00262 e. The van der Waals surface area contributed by atoms with Crippen molar-refractivity contribution in [2.45, 2.75) is 0 Å². The van der Waals surface area contributed by atoms with Gasteiger partial charge in [-0.15, -0.1) is 0 Å². The Morgan fingerprint density at radius 1 is 0.182 bits per heavy atom. The summed E-state index contributed by atoms with van der Waals surface area (Å²) in [5.41, 5.74) is 12.4. The first kappa shape index (κ1) is 25.9. The standard InChI is InChI=1S/C44H30/c1-4-12-31(13-5-1)33-20-22-34(23-21-33)35-24-26-37(27-25-35)43-39-18-10-11-19-40(39)44(36-16-8-3-9-17-36)42-30-38(28-29-41(42)43)32-14-6-2-7-15-32/h1-30H. The second kappa shape index (κ2) is 11.2. The van der Waals surface area contributed by atoms with Gasteiger partial charge in [-0.1, -0.05) is 176 Å². The summed E-state index contributed by atoms with van der Waals surface area (Å²) >= 11 is 0. The second-order valence-corrected chi connectivity index (χ2v) is 11.3. The Balaban J connectivity index is 1.30. The Bertz CT molecular complexity index is 2210. The van der Waals surface area contributed by atoms with E-state index in [0.717, 1.165) is 0 Å². The maximum atomic E-state index is 2.38. The number of fused-ring (bicyclic) bond motifs is 2. The number of benzene rings is 8. The van der Waals surface area contributed by atoms with Gasteiger partial charge in [-0.3, -0.25) is 0 Å². The highest BCUT2D eigenvalue weighted by molar-refractivity contribution is 6.22. The predicted octanol–water partition coefficient (Wildman–Crippen LogP) is 12.3. The zero-order valence-corrected chi connectivity index (χ0v) is 24.3. The molecule has 44 heavy (non-hydrogen) atoms. The van der Waals surface area contributed by atoms with E-state index in [1.54, 1.807) is 0 Å². The van der Waals surface area contributed by atoms with Crippen molar-refractivity contribution in [3.63, 3.8) is 0 Å². The van der Waals surface area contributed by atoms with Crippen LogP contribution in [0.1, 0.15) is 0 Å². The Morgan fingerprint density at radius 3 is 0.977 bits per heavy atom. The van der Waals surface area contributed by atoms with E-state index in [0.29, 0.717) is 0 Å². The molecule has 0 radical (unpaired) electrons. The molecule has 0 bridgehead atoms. The molecule has 0 aliphatic rings. The molecule has 0 aliphatic carbocycles. The average Bonchev–Trinajstić information content (AvgIpc) is 3.11. The first-order valence-electron chi connectivity index (χ1n) is 15.2. The summed E-state index contributed by atoms with van der Waals surface area (Å²) in [4.78, 5) is 0. The normalized spacial score (nSPS) is 11.2. The van der Waals surface area contributed by atoms with Crippen LogP contribution in [-0.4, -0.2) is 0 Å². The van der Waals surface area contributed by atoms with Gasteiger partial charge < -0.3 is 0 Å². The topological polar surface area (TPSA) is 0 Å². The Morgan fingerprint density at radius 2 is 0.477 bits per heavy atom. The van der Waals surface area contributed by atoms with E-state index in [1.165, 1.54) is 77.2 Å². The number of hydrogen-bond acceptors (Lipinski definition) is 0. The quantitative estimate of drug-likeness (QED) is 0.184. The van der Waals surface area contributed by atoms with Gasteiger partial charge in [0.1, 0.15) is 0 Å². The molecule has 0 heteroatoms. The van der Waals surface area contributed by atoms with Crippen molar-refractivity contribution in [3.8, 4) is 55.6 Å². The van der Waals surface area contributed by atoms with Gasteiger partial charge in [-0.05, 0) is 83.2 Å². The SMILES string of the molecule is c1ccc(-c2ccc(-c3ccc(-c4c5ccccc5c(-c5ccccc5)c5cc(-c6ccccc6)ccc45)cc3)cc2)cc1. The minimum atomic E-state index is 1.22. The number of rotatable bonds is 5. The van der Waals surface area contributed by atoms with Gasteiger partial charge in [0.2, 0.25) is 0 Å². The maximum absolute atomic E-state index is 2.38. The van der Waals surface area contributed by atoms with Crippen LogP contribution in [0.2, 0.25) is 0 Å². The van der Waals surface area contributed by atoms with Gasteiger partial charge in [-0.2, -0.15) is 0 Å². The number of hydrogen-bond donors (Lipinski definition) is 0. The molecule has 0 unspecified atom stereocenters. The highest BCUT2D eigenvalue weighted by Gasteiger charge is 2.17. The highest BCUT2D eigenvalue weighted by atomic mass is 14.2. The second-order valence-electron chi connectivity index (χ2n) is 11.3. The van der Waals surface area contributed by atoms with Crippen molar-refractivity contribution in [3.05, 3.63) is 182 Å². The first-order chi connectivity index (χ1) is 21.8. The fourth-order valence-corrected chi connectivity index (χ4v) is 6.53. The zero-order valence-electron chi connectivity index (χ0n) is 24.3. The van der Waals surface area contributed by atoms with Gasteiger partial charge in [0, 0.05) is 0 Å². The van der Waals surface area contributed by atoms with Crippen molar-refractivity contribution in [2.75, 3.05) is 0 Å². The van der Waals surface area contributed by atoms with Crippen molar-refractivity contribution >= 4 is 21.5 Å². The predicted molar refractivity (Wildman–Crippen MR) is 189 cm³/mol. The third-order valence-corrected chi connectivity index (χ3v) is 8.69. The summed E-state index contributed by atoms with van der Waals surface area (Å²) in [5, 5.41) is 5.08. The lowest BCUT2D eigenvalue weighted by Gasteiger charge is -2.19. The highest BCUT2D eigenvalue weighted by Crippen LogP contribution is 2.45. The molecular formula is C44H30. The minimum absolute atomic E-state index is 1.22. The fourth-order valence-electron chi connectivity index (χ4n) is 6.53. The summed E-state index contributed by atoms with van der Waals surface area (Å²) in [6.45, 7) is 0. The smallest absolute Gasteiger partial charge is 0.00262 e. The molecule has 8 rings (SSSR count). The van der Waals surface area contributed by atoms with E-state index in [4.69, 9.17) is 0 Å². The average molecular weight is 559 g/mol. The van der Waals surface area contributed by atoms with Crippen LogP contribution in [0.15, 0.2) is 182 Å². The molecule has 0 aromatic heterocycles. The first-order valence-corrected chi connectivity index (χ1v) is 15.2. The fraction of sp³-hybridized carbons (Fsp3) is 0. The van der Waals surface area contributed by atoms with Crippen LogP contribution in [0, 0.1) is 0 Å². The van der Waals surface area contributed by atoms with Crippen LogP contribution in [0.3, 0.4) is 0 Å². The molecule has 0 saturated heterocycles. The van der Waals surface area contributed by atoms with Gasteiger partial charge in [0.25, 0.3) is 0 Å². The van der Waals surface area contributed by atoms with E-state index < -0.39 is 0 Å². The summed E-state index contributed by atoms with van der Waals surface area (Å²) in [7, 11) is 0. The lowest BCUT2D eigenvalue weighted by atomic mass is 9.84. The molecule has 0 atom stereocenters. The summed E-state index contributed by atoms with van der Waals surface area (Å²) in [6.07, 6.45) is 0. The third kappa shape index (κ3) is 4.68. The van der Waals surface area contributed by atoms with Crippen LogP contribution in [0.5, 0.6) is 0 Å². The Hall–Kier alpha value is -5.72. The van der Waals surface area contributed by atoms with Gasteiger partial charge >= 0.3 is 0 Å². The Labute approximate surface area is 258 Å². The van der Waals surface area contributed by atoms with Crippen molar-refractivity contribution in [1.29, 1.82) is 0 Å². The van der Waals surface area contributed by atoms with E-state index >= 15 is 0 Å². The van der Waals surface area contributed by atoms with Crippen molar-refractivity contribution < 1.29 is 0 Å². The summed E-state index contributed by atoms with van der Waals surface area (Å²) in [6, 6.07) is 65.9. The molecule has 0 saturated carbocycles. The van der Waals surface area contributed by atoms with Crippen LogP contribution in [0.4, 0.5) is 0 Å². The summed E-state index contributed by atoms with van der Waals surface area (Å²) in [5.74, 6) is 0. The van der Waals surface area contributed by atoms with Gasteiger partial charge in [-0.25, -0.2) is 0 Å². The molecule has 0 fully saturated rings. The molecule has 0 nitrogen and oxygen atoms in total. The minimum Gasteiger partial charge on any atom is -0.0622 e. The van der Waals surface area contributed by atoms with Crippen LogP contribution >= 0.6 is 0 Å². The molecule has 8 aromatic rings. The van der Waals surface area contributed by atoms with Gasteiger partial charge in [0.05, 0.1) is 0 Å². The van der Waals surface area contributed by atoms with E-state index in [2.05, 4.69) is 182 Å². The zero-order chi connectivity index (χ0) is 29.3. The molecule has 8 aromatic carbocycles. The summed E-state index contributed by atoms with van der Waals surface area (Å²) < 4.78 is 0. The van der Waals surface area contributed by atoms with Crippen LogP contribution < -0.4 is 0 Å². The molecule has 0 amide bonds. The molecule has 0 aliphatic heterocycles. The molecule has 0 heterocycles. The lowest BCUT2D eigenvalue weighted by Crippen LogP contribution is -1.92. The molecule has 0 spiro atoms. The van der Waals surface area contributed by atoms with Gasteiger partial charge in [0.15, 0.2) is 0 Å². The van der Waals surface area contributed by atoms with E-state index in [9.17, 15) is 0 Å². The van der Waals surface area contributed by atoms with Crippen molar-refractivity contribution in [1.82, 2.24) is 0 Å². The molecule has 206 valence electrons. The van der Waals surface area contributed by atoms with Crippen LogP contribution in [0.25, 0.3) is 77.2 Å². The Kier molecular flexibility index (Phi) is 6.59. The van der Waals surface area contributed by atoms with Crippen LogP contribution in [-0.2, 0) is 0 Å². The van der Waals surface area contributed by atoms with Crippen molar-refractivity contribution in [2.24, 2.45) is 0 Å². The lowest BCUT2D eigenvalue weighted by molar-refractivity contribution is 1.58. The largest absolute Gasteiger partial charge is 0.0622 e. The van der Waals surface area contributed by atoms with E-state index in [1.807, 2.05) is 0 Å². The third-order valence-electron chi connectivity index (χ3n) is 8.69. The molecular weight excluding hydrogens is 528 g/mol.